The summed E-state index contributed by atoms with van der Waals surface area (Å²) in [5, 5.41) is 0. The summed E-state index contributed by atoms with van der Waals surface area (Å²) in [7, 11) is 1.98. The molecule has 0 aliphatic carbocycles. The molecule has 0 saturated carbocycles. The first-order chi connectivity index (χ1) is 6.15. The molecule has 0 aromatic carbocycles. The van der Waals surface area contributed by atoms with Crippen molar-refractivity contribution in [3.8, 4) is 0 Å². The zero-order valence-electron chi connectivity index (χ0n) is 8.70. The van der Waals surface area contributed by atoms with Crippen LogP contribution in [0.4, 0.5) is 0 Å². The number of aryl methyl sites for hydroxylation is 1. The van der Waals surface area contributed by atoms with Crippen molar-refractivity contribution in [2.45, 2.75) is 32.7 Å². The Morgan fingerprint density at radius 3 is 2.77 bits per heavy atom. The van der Waals surface area contributed by atoms with E-state index in [0.29, 0.717) is 5.92 Å². The molecular weight excluding hydrogens is 162 g/mol. The van der Waals surface area contributed by atoms with Gasteiger partial charge in [0.25, 0.3) is 0 Å². The van der Waals surface area contributed by atoms with Gasteiger partial charge < -0.3 is 10.3 Å². The van der Waals surface area contributed by atoms with Crippen molar-refractivity contribution < 1.29 is 0 Å². The van der Waals surface area contributed by atoms with Crippen LogP contribution in [-0.2, 0) is 7.05 Å². The molecule has 3 nitrogen and oxygen atoms in total. The van der Waals surface area contributed by atoms with Crippen LogP contribution in [0.3, 0.4) is 0 Å². The average molecular weight is 181 g/mol. The van der Waals surface area contributed by atoms with Gasteiger partial charge in [-0.25, -0.2) is 4.98 Å². The van der Waals surface area contributed by atoms with E-state index in [1.165, 1.54) is 6.42 Å². The number of hydrogen-bond acceptors (Lipinski definition) is 2. The molecule has 3 heteroatoms. The number of hydrogen-bond donors (Lipinski definition) is 1. The Labute approximate surface area is 80.0 Å². The molecule has 0 radical (unpaired) electrons. The van der Waals surface area contributed by atoms with Crippen molar-refractivity contribution in [3.05, 3.63) is 18.2 Å². The van der Waals surface area contributed by atoms with E-state index in [2.05, 4.69) is 18.8 Å². The molecule has 0 amide bonds. The lowest BCUT2D eigenvalue weighted by Gasteiger charge is -2.15. The average Bonchev–Trinajstić information content (AvgIpc) is 2.51. The summed E-state index contributed by atoms with van der Waals surface area (Å²) >= 11 is 0. The highest BCUT2D eigenvalue weighted by molar-refractivity contribution is 5.03. The largest absolute Gasteiger partial charge is 0.336 e. The summed E-state index contributed by atoms with van der Waals surface area (Å²) in [5.74, 6) is 0.685. The fourth-order valence-corrected chi connectivity index (χ4v) is 1.45. The van der Waals surface area contributed by atoms with Gasteiger partial charge in [-0.2, -0.15) is 0 Å². The van der Waals surface area contributed by atoms with Crippen LogP contribution >= 0.6 is 0 Å². The van der Waals surface area contributed by atoms with Crippen LogP contribution < -0.4 is 5.73 Å². The van der Waals surface area contributed by atoms with E-state index in [9.17, 15) is 0 Å². The summed E-state index contributed by atoms with van der Waals surface area (Å²) < 4.78 is 1.99. The molecule has 1 aromatic rings. The SMILES string of the molecule is CCC(C)CC(N)c1cncn1C. The minimum atomic E-state index is 0.127. The summed E-state index contributed by atoms with van der Waals surface area (Å²) in [5.41, 5.74) is 7.18. The minimum absolute atomic E-state index is 0.127. The lowest BCUT2D eigenvalue weighted by atomic mass is 9.98. The highest BCUT2D eigenvalue weighted by Gasteiger charge is 2.12. The van der Waals surface area contributed by atoms with E-state index in [-0.39, 0.29) is 6.04 Å². The van der Waals surface area contributed by atoms with Crippen LogP contribution in [0.2, 0.25) is 0 Å². The molecule has 1 heterocycles. The van der Waals surface area contributed by atoms with Crippen LogP contribution in [0.15, 0.2) is 12.5 Å². The molecule has 74 valence electrons. The van der Waals surface area contributed by atoms with E-state index in [4.69, 9.17) is 5.73 Å². The van der Waals surface area contributed by atoms with E-state index in [0.717, 1.165) is 12.1 Å². The Bertz CT molecular complexity index is 254. The van der Waals surface area contributed by atoms with Crippen LogP contribution in [0.5, 0.6) is 0 Å². The van der Waals surface area contributed by atoms with Crippen molar-refractivity contribution in [2.75, 3.05) is 0 Å². The lowest BCUT2D eigenvalue weighted by Crippen LogP contribution is -2.16. The first kappa shape index (κ1) is 10.3. The lowest BCUT2D eigenvalue weighted by molar-refractivity contribution is 0.450. The van der Waals surface area contributed by atoms with Gasteiger partial charge in [-0.1, -0.05) is 20.3 Å². The van der Waals surface area contributed by atoms with Crippen molar-refractivity contribution in [2.24, 2.45) is 18.7 Å². The second kappa shape index (κ2) is 4.42. The fraction of sp³-hybridized carbons (Fsp3) is 0.700. The molecule has 0 aliphatic rings. The second-order valence-corrected chi connectivity index (χ2v) is 3.79. The maximum atomic E-state index is 6.06. The van der Waals surface area contributed by atoms with Crippen LogP contribution in [0, 0.1) is 5.92 Å². The standard InChI is InChI=1S/C10H19N3/c1-4-8(2)5-9(11)10-6-12-7-13(10)3/h6-9H,4-5,11H2,1-3H3. The third kappa shape index (κ3) is 2.56. The van der Waals surface area contributed by atoms with Gasteiger partial charge in [0.05, 0.1) is 12.0 Å². The number of rotatable bonds is 4. The normalized spacial score (nSPS) is 15.7. The van der Waals surface area contributed by atoms with Crippen molar-refractivity contribution >= 4 is 0 Å². The van der Waals surface area contributed by atoms with Gasteiger partial charge in [-0.05, 0) is 12.3 Å². The monoisotopic (exact) mass is 181 g/mol. The Morgan fingerprint density at radius 2 is 2.31 bits per heavy atom. The number of imidazole rings is 1. The topological polar surface area (TPSA) is 43.8 Å². The Morgan fingerprint density at radius 1 is 1.62 bits per heavy atom. The van der Waals surface area contributed by atoms with Gasteiger partial charge in [0.2, 0.25) is 0 Å². The highest BCUT2D eigenvalue weighted by atomic mass is 15.0. The fourth-order valence-electron chi connectivity index (χ4n) is 1.45. The summed E-state index contributed by atoms with van der Waals surface area (Å²) in [6, 6.07) is 0.127. The number of aromatic nitrogens is 2. The molecule has 1 aromatic heterocycles. The van der Waals surface area contributed by atoms with Gasteiger partial charge in [0.15, 0.2) is 0 Å². The first-order valence-electron chi connectivity index (χ1n) is 4.87. The van der Waals surface area contributed by atoms with E-state index < -0.39 is 0 Å². The van der Waals surface area contributed by atoms with Gasteiger partial charge in [0, 0.05) is 19.3 Å². The zero-order chi connectivity index (χ0) is 9.84. The molecule has 0 aliphatic heterocycles. The van der Waals surface area contributed by atoms with Gasteiger partial charge >= 0.3 is 0 Å². The van der Waals surface area contributed by atoms with Crippen molar-refractivity contribution in [1.29, 1.82) is 0 Å². The smallest absolute Gasteiger partial charge is 0.0946 e. The van der Waals surface area contributed by atoms with Crippen molar-refractivity contribution in [1.82, 2.24) is 9.55 Å². The molecule has 0 spiro atoms. The Kier molecular flexibility index (Phi) is 3.48. The van der Waals surface area contributed by atoms with E-state index in [1.807, 2.05) is 17.8 Å². The predicted molar refractivity (Wildman–Crippen MR) is 54.2 cm³/mol. The predicted octanol–water partition coefficient (Wildman–Crippen LogP) is 1.86. The van der Waals surface area contributed by atoms with Crippen molar-refractivity contribution in [3.63, 3.8) is 0 Å². The third-order valence-corrected chi connectivity index (χ3v) is 2.59. The van der Waals surface area contributed by atoms with Gasteiger partial charge in [-0.3, -0.25) is 0 Å². The summed E-state index contributed by atoms with van der Waals surface area (Å²) in [6.45, 7) is 4.43. The Hall–Kier alpha value is -0.830. The van der Waals surface area contributed by atoms with Crippen LogP contribution in [0.1, 0.15) is 38.4 Å². The van der Waals surface area contributed by atoms with Gasteiger partial charge in [-0.15, -0.1) is 0 Å². The van der Waals surface area contributed by atoms with E-state index >= 15 is 0 Å². The summed E-state index contributed by atoms with van der Waals surface area (Å²) in [6.07, 6.45) is 5.88. The maximum absolute atomic E-state index is 6.06. The van der Waals surface area contributed by atoms with Gasteiger partial charge in [0.1, 0.15) is 0 Å². The molecular formula is C10H19N3. The molecule has 0 bridgehead atoms. The zero-order valence-corrected chi connectivity index (χ0v) is 8.70. The molecule has 2 N–H and O–H groups in total. The first-order valence-corrected chi connectivity index (χ1v) is 4.87. The molecule has 1 rings (SSSR count). The summed E-state index contributed by atoms with van der Waals surface area (Å²) in [4.78, 5) is 4.06. The third-order valence-electron chi connectivity index (χ3n) is 2.59. The Balaban J connectivity index is 2.58. The molecule has 13 heavy (non-hydrogen) atoms. The minimum Gasteiger partial charge on any atom is -0.336 e. The molecule has 0 fully saturated rings. The maximum Gasteiger partial charge on any atom is 0.0946 e. The second-order valence-electron chi connectivity index (χ2n) is 3.79. The molecule has 0 saturated heterocycles. The number of nitrogens with zero attached hydrogens (tertiary/aromatic N) is 2. The van der Waals surface area contributed by atoms with E-state index in [1.54, 1.807) is 6.33 Å². The molecule has 2 unspecified atom stereocenters. The number of nitrogens with two attached hydrogens (primary N) is 1. The van der Waals surface area contributed by atoms with Crippen LogP contribution in [-0.4, -0.2) is 9.55 Å². The molecule has 2 atom stereocenters. The van der Waals surface area contributed by atoms with Crippen LogP contribution in [0.25, 0.3) is 0 Å². The quantitative estimate of drug-likeness (QED) is 0.770. The highest BCUT2D eigenvalue weighted by Crippen LogP contribution is 2.19.